The fraction of sp³-hybridized carbons (Fsp3) is 1.00. The van der Waals surface area contributed by atoms with Gasteiger partial charge in [0, 0.05) is 0 Å². The maximum atomic E-state index is 8.82. The SMILES string of the molecule is CCCCCCCCCCCCOP(O)(O)=S.CCCCCCCCN. The van der Waals surface area contributed by atoms with Crippen molar-refractivity contribution < 1.29 is 14.3 Å². The Kier molecular flexibility index (Phi) is 26.0. The smallest absolute Gasteiger partial charge is 0.321 e. The van der Waals surface area contributed by atoms with Crippen molar-refractivity contribution in [2.75, 3.05) is 13.2 Å². The molecule has 4 nitrogen and oxygen atoms in total. The zero-order valence-electron chi connectivity index (χ0n) is 17.5. The second kappa shape index (κ2) is 23.5. The van der Waals surface area contributed by atoms with Crippen molar-refractivity contribution in [3.63, 3.8) is 0 Å². The third-order valence-electron chi connectivity index (χ3n) is 4.32. The lowest BCUT2D eigenvalue weighted by Crippen LogP contribution is -1.97. The lowest BCUT2D eigenvalue weighted by molar-refractivity contribution is 0.245. The van der Waals surface area contributed by atoms with Gasteiger partial charge < -0.3 is 20.0 Å². The molecule has 0 aromatic carbocycles. The van der Waals surface area contributed by atoms with Crippen LogP contribution in [0.1, 0.15) is 117 Å². The van der Waals surface area contributed by atoms with Gasteiger partial charge in [0.15, 0.2) is 0 Å². The highest BCUT2D eigenvalue weighted by Gasteiger charge is 2.06. The van der Waals surface area contributed by atoms with Crippen molar-refractivity contribution in [3.8, 4) is 0 Å². The van der Waals surface area contributed by atoms with E-state index in [0.29, 0.717) is 6.61 Å². The van der Waals surface area contributed by atoms with Crippen LogP contribution in [-0.2, 0) is 16.3 Å². The molecule has 0 saturated heterocycles. The summed E-state index contributed by atoms with van der Waals surface area (Å²) < 4.78 is 4.74. The third kappa shape index (κ3) is 32.2. The van der Waals surface area contributed by atoms with E-state index in [0.717, 1.165) is 19.4 Å². The van der Waals surface area contributed by atoms with Crippen molar-refractivity contribution in [3.05, 3.63) is 0 Å². The quantitative estimate of drug-likeness (QED) is 0.179. The largest absolute Gasteiger partial charge is 0.330 e. The summed E-state index contributed by atoms with van der Waals surface area (Å²) in [6.07, 6.45) is 20.6. The second-order valence-electron chi connectivity index (χ2n) is 7.06. The monoisotopic (exact) mass is 411 g/mol. The Morgan fingerprint density at radius 1 is 0.654 bits per heavy atom. The molecule has 6 heteroatoms. The number of hydrogen-bond acceptors (Lipinski definition) is 3. The molecule has 26 heavy (non-hydrogen) atoms. The molecule has 0 atom stereocenters. The van der Waals surface area contributed by atoms with Crippen LogP contribution in [0.4, 0.5) is 0 Å². The average Bonchev–Trinajstić information content (AvgIpc) is 2.59. The van der Waals surface area contributed by atoms with Gasteiger partial charge in [0.2, 0.25) is 0 Å². The maximum absolute atomic E-state index is 8.82. The molecule has 0 aliphatic rings. The first-order valence-electron chi connectivity index (χ1n) is 10.9. The Morgan fingerprint density at radius 3 is 1.35 bits per heavy atom. The first-order chi connectivity index (χ1) is 12.5. The molecule has 0 aromatic heterocycles. The van der Waals surface area contributed by atoms with E-state index in [1.807, 2.05) is 0 Å². The summed E-state index contributed by atoms with van der Waals surface area (Å²) in [5, 5.41) is 0. The van der Waals surface area contributed by atoms with Gasteiger partial charge in [-0.15, -0.1) is 0 Å². The lowest BCUT2D eigenvalue weighted by Gasteiger charge is -2.07. The van der Waals surface area contributed by atoms with Crippen LogP contribution in [0, 0.1) is 0 Å². The molecule has 0 rings (SSSR count). The zero-order chi connectivity index (χ0) is 19.9. The van der Waals surface area contributed by atoms with E-state index in [2.05, 4.69) is 25.7 Å². The van der Waals surface area contributed by atoms with Gasteiger partial charge in [0.1, 0.15) is 0 Å². The highest BCUT2D eigenvalue weighted by atomic mass is 32.5. The molecule has 0 aliphatic heterocycles. The van der Waals surface area contributed by atoms with Crippen LogP contribution in [-0.4, -0.2) is 22.9 Å². The summed E-state index contributed by atoms with van der Waals surface area (Å²) in [4.78, 5) is 17.6. The number of unbranched alkanes of at least 4 members (excludes halogenated alkanes) is 14. The highest BCUT2D eigenvalue weighted by Crippen LogP contribution is 2.36. The molecule has 0 saturated carbocycles. The topological polar surface area (TPSA) is 75.7 Å². The Labute approximate surface area is 168 Å². The van der Waals surface area contributed by atoms with Gasteiger partial charge in [0.05, 0.1) is 6.61 Å². The standard InChI is InChI=1S/C12H27O3PS.C8H19N/c1-2-3-4-5-6-7-8-9-10-11-12-15-16(13,14)17;1-2-3-4-5-6-7-8-9/h2-12H2,1H3,(H2,13,14,17);2-9H2,1H3. The van der Waals surface area contributed by atoms with E-state index >= 15 is 0 Å². The second-order valence-corrected chi connectivity index (χ2v) is 9.73. The van der Waals surface area contributed by atoms with E-state index < -0.39 is 6.72 Å². The molecule has 0 fully saturated rings. The lowest BCUT2D eigenvalue weighted by atomic mass is 10.1. The zero-order valence-corrected chi connectivity index (χ0v) is 19.2. The molecule has 0 bridgehead atoms. The van der Waals surface area contributed by atoms with Crippen molar-refractivity contribution in [1.82, 2.24) is 0 Å². The first-order valence-corrected chi connectivity index (χ1v) is 13.5. The molecule has 0 unspecified atom stereocenters. The summed E-state index contributed by atoms with van der Waals surface area (Å²) in [6, 6.07) is 0. The summed E-state index contributed by atoms with van der Waals surface area (Å²) in [5.74, 6) is 0. The van der Waals surface area contributed by atoms with Crippen LogP contribution in [0.25, 0.3) is 0 Å². The van der Waals surface area contributed by atoms with Crippen molar-refractivity contribution >= 4 is 18.5 Å². The fourth-order valence-corrected chi connectivity index (χ4v) is 3.29. The Bertz CT molecular complexity index is 295. The van der Waals surface area contributed by atoms with Gasteiger partial charge in [-0.25, -0.2) is 0 Å². The summed E-state index contributed by atoms with van der Waals surface area (Å²) >= 11 is 4.35. The Hall–Kier alpha value is 0.490. The van der Waals surface area contributed by atoms with Crippen molar-refractivity contribution in [1.29, 1.82) is 0 Å². The van der Waals surface area contributed by atoms with Gasteiger partial charge in [-0.2, -0.15) is 0 Å². The van der Waals surface area contributed by atoms with Crippen molar-refractivity contribution in [2.24, 2.45) is 5.73 Å². The predicted octanol–water partition coefficient (Wildman–Crippen LogP) is 6.44. The molecule has 160 valence electrons. The number of rotatable bonds is 18. The molecule has 0 aromatic rings. The Balaban J connectivity index is 0. The molecule has 4 N–H and O–H groups in total. The van der Waals surface area contributed by atoms with Crippen LogP contribution >= 0.6 is 6.72 Å². The van der Waals surface area contributed by atoms with E-state index in [4.69, 9.17) is 20.0 Å². The van der Waals surface area contributed by atoms with Gasteiger partial charge in [-0.3, -0.25) is 0 Å². The highest BCUT2D eigenvalue weighted by molar-refractivity contribution is 8.06. The van der Waals surface area contributed by atoms with E-state index in [9.17, 15) is 0 Å². The minimum absolute atomic E-state index is 0.376. The predicted molar refractivity (Wildman–Crippen MR) is 119 cm³/mol. The molecular weight excluding hydrogens is 365 g/mol. The van der Waals surface area contributed by atoms with Crippen LogP contribution < -0.4 is 5.73 Å². The maximum Gasteiger partial charge on any atom is 0.321 e. The minimum atomic E-state index is -3.41. The summed E-state index contributed by atoms with van der Waals surface area (Å²) in [7, 11) is 0. The van der Waals surface area contributed by atoms with Crippen LogP contribution in [0.5, 0.6) is 0 Å². The van der Waals surface area contributed by atoms with Crippen LogP contribution in [0.15, 0.2) is 0 Å². The van der Waals surface area contributed by atoms with E-state index in [1.165, 1.54) is 89.9 Å². The van der Waals surface area contributed by atoms with E-state index in [-0.39, 0.29) is 0 Å². The van der Waals surface area contributed by atoms with Crippen LogP contribution in [0.2, 0.25) is 0 Å². The summed E-state index contributed by atoms with van der Waals surface area (Å²) in [6.45, 7) is 2.31. The van der Waals surface area contributed by atoms with Crippen molar-refractivity contribution in [2.45, 2.75) is 117 Å². The average molecular weight is 412 g/mol. The van der Waals surface area contributed by atoms with E-state index in [1.54, 1.807) is 0 Å². The molecule has 0 aliphatic carbocycles. The Morgan fingerprint density at radius 2 is 1.00 bits per heavy atom. The van der Waals surface area contributed by atoms with Gasteiger partial charge in [-0.1, -0.05) is 104 Å². The molecule has 0 amide bonds. The molecule has 0 radical (unpaired) electrons. The number of nitrogens with two attached hydrogens (primary N) is 1. The fourth-order valence-electron chi connectivity index (χ4n) is 2.70. The molecule has 0 heterocycles. The van der Waals surface area contributed by atoms with Gasteiger partial charge in [0.25, 0.3) is 0 Å². The summed E-state index contributed by atoms with van der Waals surface area (Å²) in [5.41, 5.74) is 5.34. The first kappa shape index (κ1) is 28.7. The van der Waals surface area contributed by atoms with Gasteiger partial charge >= 0.3 is 6.72 Å². The minimum Gasteiger partial charge on any atom is -0.330 e. The third-order valence-corrected chi connectivity index (χ3v) is 5.15. The molecular formula is C20H46NO3PS. The molecule has 0 spiro atoms. The van der Waals surface area contributed by atoms with Gasteiger partial charge in [-0.05, 0) is 31.2 Å². The van der Waals surface area contributed by atoms with Crippen LogP contribution in [0.3, 0.4) is 0 Å². The number of hydrogen-bond donors (Lipinski definition) is 3. The normalized spacial score (nSPS) is 11.3.